The Bertz CT molecular complexity index is 466. The maximum atomic E-state index is 8.92. The van der Waals surface area contributed by atoms with Gasteiger partial charge in [0.2, 0.25) is 0 Å². The van der Waals surface area contributed by atoms with Gasteiger partial charge in [-0.1, -0.05) is 11.6 Å². The Morgan fingerprint density at radius 1 is 1.44 bits per heavy atom. The molecule has 2 fully saturated rings. The number of benzene rings is 1. The third kappa shape index (κ3) is 1.64. The van der Waals surface area contributed by atoms with E-state index in [2.05, 4.69) is 16.3 Å². The monoisotopic (exact) mass is 233 g/mol. The van der Waals surface area contributed by atoms with Gasteiger partial charge in [-0.2, -0.15) is 5.26 Å². The van der Waals surface area contributed by atoms with Crippen molar-refractivity contribution in [2.24, 2.45) is 0 Å². The molecule has 1 saturated heterocycles. The van der Waals surface area contributed by atoms with Crippen LogP contribution in [-0.4, -0.2) is 25.2 Å². The quantitative estimate of drug-likeness (QED) is 0.804. The number of rotatable bonds is 1. The van der Waals surface area contributed by atoms with E-state index in [1.807, 2.05) is 12.1 Å². The van der Waals surface area contributed by atoms with Gasteiger partial charge in [0.1, 0.15) is 0 Å². The number of nitriles is 1. The molecule has 0 bridgehead atoms. The van der Waals surface area contributed by atoms with Crippen LogP contribution in [0.5, 0.6) is 0 Å². The second kappa shape index (κ2) is 3.65. The van der Waals surface area contributed by atoms with Gasteiger partial charge >= 0.3 is 0 Å². The molecule has 82 valence electrons. The molecule has 3 nitrogen and oxygen atoms in total. The molecule has 0 amide bonds. The fraction of sp³-hybridized carbons (Fsp3) is 0.417. The molecule has 1 aromatic carbocycles. The molecule has 16 heavy (non-hydrogen) atoms. The molecule has 0 radical (unpaired) electrons. The summed E-state index contributed by atoms with van der Waals surface area (Å²) in [4.78, 5) is 2.36. The van der Waals surface area contributed by atoms with Crippen LogP contribution < -0.4 is 10.2 Å². The van der Waals surface area contributed by atoms with Crippen molar-refractivity contribution in [2.75, 3.05) is 18.0 Å². The molecule has 1 N–H and O–H groups in total. The van der Waals surface area contributed by atoms with Crippen molar-refractivity contribution >= 4 is 17.3 Å². The van der Waals surface area contributed by atoms with E-state index in [-0.39, 0.29) is 0 Å². The summed E-state index contributed by atoms with van der Waals surface area (Å²) in [7, 11) is 0. The van der Waals surface area contributed by atoms with Crippen molar-refractivity contribution in [3.8, 4) is 6.07 Å². The second-order valence-electron chi connectivity index (χ2n) is 4.37. The lowest BCUT2D eigenvalue weighted by atomic mass is 10.2. The van der Waals surface area contributed by atoms with Crippen LogP contribution in [0.1, 0.15) is 12.0 Å². The van der Waals surface area contributed by atoms with Crippen molar-refractivity contribution in [3.05, 3.63) is 28.8 Å². The smallest absolute Gasteiger partial charge is 0.0992 e. The van der Waals surface area contributed by atoms with Crippen LogP contribution in [0.25, 0.3) is 0 Å². The maximum absolute atomic E-state index is 8.92. The summed E-state index contributed by atoms with van der Waals surface area (Å²) < 4.78 is 0. The number of halogens is 1. The zero-order chi connectivity index (χ0) is 11.1. The van der Waals surface area contributed by atoms with Crippen LogP contribution in [0.15, 0.2) is 18.2 Å². The first-order chi connectivity index (χ1) is 7.78. The summed E-state index contributed by atoms with van der Waals surface area (Å²) in [5.41, 5.74) is 1.72. The molecule has 1 saturated carbocycles. The first-order valence-corrected chi connectivity index (χ1v) is 5.86. The van der Waals surface area contributed by atoms with E-state index in [1.54, 1.807) is 6.07 Å². The molecule has 4 heteroatoms. The van der Waals surface area contributed by atoms with Gasteiger partial charge in [-0.15, -0.1) is 0 Å². The van der Waals surface area contributed by atoms with Crippen molar-refractivity contribution in [1.82, 2.24) is 5.32 Å². The predicted octanol–water partition coefficient (Wildman–Crippen LogP) is 1.76. The Hall–Kier alpha value is -1.24. The van der Waals surface area contributed by atoms with Gasteiger partial charge in [0.05, 0.1) is 11.6 Å². The predicted molar refractivity (Wildman–Crippen MR) is 63.7 cm³/mol. The summed E-state index contributed by atoms with van der Waals surface area (Å²) in [5.74, 6) is 0. The Kier molecular flexibility index (Phi) is 2.27. The molecule has 2 atom stereocenters. The number of hydrogen-bond donors (Lipinski definition) is 1. The minimum atomic E-state index is 0.596. The standard InChI is InChI=1S/C12H12ClN3/c13-9-3-8(7-14)4-10(5-9)16-2-1-15-11-6-12(11)16/h3-5,11-12,15H,1-2,6H2. The molecule has 1 heterocycles. The molecule has 3 rings (SSSR count). The Morgan fingerprint density at radius 3 is 3.12 bits per heavy atom. The highest BCUT2D eigenvalue weighted by molar-refractivity contribution is 6.31. The lowest BCUT2D eigenvalue weighted by molar-refractivity contribution is 0.581. The van der Waals surface area contributed by atoms with Gasteiger partial charge in [0.15, 0.2) is 0 Å². The zero-order valence-electron chi connectivity index (χ0n) is 8.78. The van der Waals surface area contributed by atoms with Crippen LogP contribution >= 0.6 is 11.6 Å². The molecule has 1 aliphatic heterocycles. The number of nitrogens with zero attached hydrogens (tertiary/aromatic N) is 2. The average molecular weight is 234 g/mol. The van der Waals surface area contributed by atoms with Crippen LogP contribution in [0.3, 0.4) is 0 Å². The van der Waals surface area contributed by atoms with E-state index in [0.717, 1.165) is 18.8 Å². The van der Waals surface area contributed by atoms with Crippen molar-refractivity contribution in [3.63, 3.8) is 0 Å². The number of anilines is 1. The summed E-state index contributed by atoms with van der Waals surface area (Å²) in [6, 6.07) is 8.96. The summed E-state index contributed by atoms with van der Waals surface area (Å²) in [6.07, 6.45) is 1.20. The van der Waals surface area contributed by atoms with Gasteiger partial charge in [-0.05, 0) is 24.6 Å². The summed E-state index contributed by atoms with van der Waals surface area (Å²) in [6.45, 7) is 2.00. The molecule has 0 aromatic heterocycles. The number of fused-ring (bicyclic) bond motifs is 1. The van der Waals surface area contributed by atoms with E-state index < -0.39 is 0 Å². The molecule has 1 aliphatic carbocycles. The lowest BCUT2D eigenvalue weighted by Crippen LogP contribution is -2.43. The SMILES string of the molecule is N#Cc1cc(Cl)cc(N2CCNC3CC32)c1. The fourth-order valence-electron chi connectivity index (χ4n) is 2.41. The third-order valence-corrected chi connectivity index (χ3v) is 3.48. The Labute approximate surface area is 99.6 Å². The van der Waals surface area contributed by atoms with Crippen LogP contribution in [0.2, 0.25) is 5.02 Å². The normalized spacial score (nSPS) is 27.1. The third-order valence-electron chi connectivity index (χ3n) is 3.26. The van der Waals surface area contributed by atoms with Crippen LogP contribution in [0.4, 0.5) is 5.69 Å². The maximum Gasteiger partial charge on any atom is 0.0992 e. The summed E-state index contributed by atoms with van der Waals surface area (Å²) >= 11 is 6.02. The van der Waals surface area contributed by atoms with E-state index in [1.165, 1.54) is 6.42 Å². The van der Waals surface area contributed by atoms with Crippen molar-refractivity contribution in [2.45, 2.75) is 18.5 Å². The highest BCUT2D eigenvalue weighted by atomic mass is 35.5. The van der Waals surface area contributed by atoms with Crippen LogP contribution in [-0.2, 0) is 0 Å². The first-order valence-electron chi connectivity index (χ1n) is 5.48. The largest absolute Gasteiger partial charge is 0.366 e. The second-order valence-corrected chi connectivity index (χ2v) is 4.80. The minimum Gasteiger partial charge on any atom is -0.366 e. The number of hydrogen-bond acceptors (Lipinski definition) is 3. The fourth-order valence-corrected chi connectivity index (χ4v) is 2.64. The Morgan fingerprint density at radius 2 is 2.31 bits per heavy atom. The summed E-state index contributed by atoms with van der Waals surface area (Å²) in [5, 5.41) is 13.0. The number of piperazine rings is 1. The molecular formula is C12H12ClN3. The van der Waals surface area contributed by atoms with E-state index in [0.29, 0.717) is 22.7 Å². The van der Waals surface area contributed by atoms with Crippen molar-refractivity contribution < 1.29 is 0 Å². The van der Waals surface area contributed by atoms with Crippen molar-refractivity contribution in [1.29, 1.82) is 5.26 Å². The highest BCUT2D eigenvalue weighted by Crippen LogP contribution is 2.35. The average Bonchev–Trinajstić information content (AvgIpc) is 3.06. The van der Waals surface area contributed by atoms with Gasteiger partial charge in [-0.25, -0.2) is 0 Å². The zero-order valence-corrected chi connectivity index (χ0v) is 9.54. The molecule has 1 aromatic rings. The highest BCUT2D eigenvalue weighted by Gasteiger charge is 2.44. The number of nitrogens with one attached hydrogen (secondary N) is 1. The van der Waals surface area contributed by atoms with Gasteiger partial charge < -0.3 is 10.2 Å². The van der Waals surface area contributed by atoms with E-state index in [4.69, 9.17) is 16.9 Å². The van der Waals surface area contributed by atoms with E-state index >= 15 is 0 Å². The lowest BCUT2D eigenvalue weighted by Gasteiger charge is -2.29. The molecule has 0 spiro atoms. The first kappa shape index (κ1) is 9.95. The Balaban J connectivity index is 1.93. The molecule has 2 aliphatic rings. The molecule has 2 unspecified atom stereocenters. The van der Waals surface area contributed by atoms with Gasteiger partial charge in [0, 0.05) is 35.9 Å². The van der Waals surface area contributed by atoms with Crippen LogP contribution in [0, 0.1) is 11.3 Å². The van der Waals surface area contributed by atoms with E-state index in [9.17, 15) is 0 Å². The minimum absolute atomic E-state index is 0.596. The molecular weight excluding hydrogens is 222 g/mol. The van der Waals surface area contributed by atoms with Gasteiger partial charge in [0.25, 0.3) is 0 Å². The van der Waals surface area contributed by atoms with Gasteiger partial charge in [-0.3, -0.25) is 0 Å². The topological polar surface area (TPSA) is 39.1 Å².